The van der Waals surface area contributed by atoms with Gasteiger partial charge in [-0.1, -0.05) is 11.3 Å². The summed E-state index contributed by atoms with van der Waals surface area (Å²) in [4.78, 5) is 4.41. The van der Waals surface area contributed by atoms with Crippen molar-refractivity contribution in [3.05, 3.63) is 23.9 Å². The highest BCUT2D eigenvalue weighted by Crippen LogP contribution is 2.35. The molecule has 2 N–H and O–H groups in total. The molecule has 1 heterocycles. The summed E-state index contributed by atoms with van der Waals surface area (Å²) in [7, 11) is 3.23. The highest BCUT2D eigenvalue weighted by atomic mass is 32.1. The van der Waals surface area contributed by atoms with Crippen molar-refractivity contribution in [3.8, 4) is 22.1 Å². The van der Waals surface area contributed by atoms with Gasteiger partial charge in [-0.25, -0.2) is 4.98 Å². The van der Waals surface area contributed by atoms with Gasteiger partial charge in [-0.05, 0) is 25.1 Å². The van der Waals surface area contributed by atoms with Crippen LogP contribution in [0.25, 0.3) is 10.6 Å². The first kappa shape index (κ1) is 11.7. The largest absolute Gasteiger partial charge is 0.493 e. The van der Waals surface area contributed by atoms with Crippen LogP contribution in [-0.4, -0.2) is 19.2 Å². The number of nitrogen functional groups attached to an aromatic ring is 1. The molecule has 2 rings (SSSR count). The summed E-state index contributed by atoms with van der Waals surface area (Å²) >= 11 is 1.47. The summed E-state index contributed by atoms with van der Waals surface area (Å²) in [6.07, 6.45) is 0. The number of nitrogens with two attached hydrogens (primary N) is 1. The van der Waals surface area contributed by atoms with E-state index in [1.54, 1.807) is 14.2 Å². The van der Waals surface area contributed by atoms with Gasteiger partial charge < -0.3 is 15.2 Å². The lowest BCUT2D eigenvalue weighted by atomic mass is 10.2. The fourth-order valence-corrected chi connectivity index (χ4v) is 2.33. The van der Waals surface area contributed by atoms with Crippen LogP contribution in [0.4, 0.5) is 5.00 Å². The van der Waals surface area contributed by atoms with Gasteiger partial charge in [-0.3, -0.25) is 0 Å². The van der Waals surface area contributed by atoms with Gasteiger partial charge >= 0.3 is 0 Å². The number of aromatic nitrogens is 1. The zero-order valence-corrected chi connectivity index (χ0v) is 10.8. The van der Waals surface area contributed by atoms with Crippen LogP contribution in [-0.2, 0) is 0 Å². The Morgan fingerprint density at radius 1 is 1.18 bits per heavy atom. The zero-order chi connectivity index (χ0) is 12.4. The summed E-state index contributed by atoms with van der Waals surface area (Å²) in [5, 5.41) is 1.63. The number of benzene rings is 1. The molecule has 0 fully saturated rings. The molecule has 0 unspecified atom stereocenters. The lowest BCUT2D eigenvalue weighted by Crippen LogP contribution is -1.90. The van der Waals surface area contributed by atoms with Gasteiger partial charge in [-0.15, -0.1) is 0 Å². The van der Waals surface area contributed by atoms with E-state index in [1.807, 2.05) is 25.1 Å². The zero-order valence-electron chi connectivity index (χ0n) is 9.98. The van der Waals surface area contributed by atoms with Crippen molar-refractivity contribution < 1.29 is 9.47 Å². The first-order chi connectivity index (χ1) is 8.15. The number of thiazole rings is 1. The maximum Gasteiger partial charge on any atom is 0.161 e. The standard InChI is InChI=1S/C12H14N2O2S/c1-7-11(13)17-12(14-7)8-4-5-9(15-2)10(6-8)16-3/h4-6H,13H2,1-3H3. The van der Waals surface area contributed by atoms with Crippen LogP contribution in [0, 0.1) is 6.92 Å². The molecule has 17 heavy (non-hydrogen) atoms. The Labute approximate surface area is 104 Å². The molecule has 0 radical (unpaired) electrons. The first-order valence-electron chi connectivity index (χ1n) is 5.11. The molecule has 0 aliphatic carbocycles. The van der Waals surface area contributed by atoms with E-state index in [0.29, 0.717) is 11.5 Å². The monoisotopic (exact) mass is 250 g/mol. The molecular formula is C12H14N2O2S. The van der Waals surface area contributed by atoms with Gasteiger partial charge in [0.1, 0.15) is 10.0 Å². The lowest BCUT2D eigenvalue weighted by molar-refractivity contribution is 0.355. The van der Waals surface area contributed by atoms with Crippen molar-refractivity contribution in [3.63, 3.8) is 0 Å². The topological polar surface area (TPSA) is 57.4 Å². The smallest absolute Gasteiger partial charge is 0.161 e. The molecule has 90 valence electrons. The quantitative estimate of drug-likeness (QED) is 0.910. The third-order valence-electron chi connectivity index (χ3n) is 2.46. The van der Waals surface area contributed by atoms with Crippen molar-refractivity contribution in [2.45, 2.75) is 6.92 Å². The summed E-state index contributed by atoms with van der Waals surface area (Å²) in [6.45, 7) is 1.90. The SMILES string of the molecule is COc1ccc(-c2nc(C)c(N)s2)cc1OC. The van der Waals surface area contributed by atoms with E-state index < -0.39 is 0 Å². The van der Waals surface area contributed by atoms with Crippen LogP contribution in [0.2, 0.25) is 0 Å². The van der Waals surface area contributed by atoms with Crippen LogP contribution < -0.4 is 15.2 Å². The molecule has 0 saturated heterocycles. The lowest BCUT2D eigenvalue weighted by Gasteiger charge is -2.08. The normalized spacial score (nSPS) is 10.3. The maximum atomic E-state index is 5.80. The third-order valence-corrected chi connectivity index (χ3v) is 3.50. The van der Waals surface area contributed by atoms with Crippen molar-refractivity contribution in [2.75, 3.05) is 20.0 Å². The summed E-state index contributed by atoms with van der Waals surface area (Å²) in [5.74, 6) is 1.40. The Hall–Kier alpha value is -1.75. The minimum absolute atomic E-state index is 0.691. The minimum atomic E-state index is 0.691. The van der Waals surface area contributed by atoms with Gasteiger partial charge in [0.2, 0.25) is 0 Å². The van der Waals surface area contributed by atoms with Gasteiger partial charge in [0.15, 0.2) is 11.5 Å². The van der Waals surface area contributed by atoms with Crippen molar-refractivity contribution in [1.29, 1.82) is 0 Å². The van der Waals surface area contributed by atoms with Crippen molar-refractivity contribution >= 4 is 16.3 Å². The van der Waals surface area contributed by atoms with E-state index in [1.165, 1.54) is 11.3 Å². The van der Waals surface area contributed by atoms with E-state index in [2.05, 4.69) is 4.98 Å². The van der Waals surface area contributed by atoms with E-state index in [0.717, 1.165) is 21.3 Å². The molecule has 4 nitrogen and oxygen atoms in total. The summed E-state index contributed by atoms with van der Waals surface area (Å²) < 4.78 is 10.4. The van der Waals surface area contributed by atoms with Gasteiger partial charge in [0.05, 0.1) is 19.9 Å². The van der Waals surface area contributed by atoms with Crippen LogP contribution >= 0.6 is 11.3 Å². The molecule has 0 spiro atoms. The molecule has 0 amide bonds. The van der Waals surface area contributed by atoms with E-state index in [-0.39, 0.29) is 0 Å². The highest BCUT2D eigenvalue weighted by Gasteiger charge is 2.10. The molecule has 0 aliphatic heterocycles. The molecule has 0 bridgehead atoms. The summed E-state index contributed by atoms with van der Waals surface area (Å²) in [6, 6.07) is 5.71. The molecule has 0 aliphatic rings. The number of hydrogen-bond acceptors (Lipinski definition) is 5. The Bertz CT molecular complexity index is 518. The molecular weight excluding hydrogens is 236 g/mol. The van der Waals surface area contributed by atoms with E-state index in [9.17, 15) is 0 Å². The Kier molecular flexibility index (Phi) is 3.19. The molecule has 5 heteroatoms. The van der Waals surface area contributed by atoms with Gasteiger partial charge in [0.25, 0.3) is 0 Å². The van der Waals surface area contributed by atoms with Crippen LogP contribution in [0.1, 0.15) is 5.69 Å². The third kappa shape index (κ3) is 2.19. The van der Waals surface area contributed by atoms with Gasteiger partial charge in [0, 0.05) is 5.56 Å². The van der Waals surface area contributed by atoms with Crippen LogP contribution in [0.5, 0.6) is 11.5 Å². The molecule has 1 aromatic carbocycles. The predicted molar refractivity (Wildman–Crippen MR) is 69.8 cm³/mol. The molecule has 0 saturated carbocycles. The average Bonchev–Trinajstić information content (AvgIpc) is 2.68. The van der Waals surface area contributed by atoms with E-state index >= 15 is 0 Å². The molecule has 2 aromatic rings. The number of anilines is 1. The maximum absolute atomic E-state index is 5.80. The minimum Gasteiger partial charge on any atom is -0.493 e. The average molecular weight is 250 g/mol. The second kappa shape index (κ2) is 4.63. The molecule has 1 aromatic heterocycles. The number of hydrogen-bond donors (Lipinski definition) is 1. The van der Waals surface area contributed by atoms with E-state index in [4.69, 9.17) is 15.2 Å². The van der Waals surface area contributed by atoms with Crippen LogP contribution in [0.3, 0.4) is 0 Å². The Balaban J connectivity index is 2.46. The fraction of sp³-hybridized carbons (Fsp3) is 0.250. The fourth-order valence-electron chi connectivity index (χ4n) is 1.50. The highest BCUT2D eigenvalue weighted by molar-refractivity contribution is 7.18. The van der Waals surface area contributed by atoms with Crippen molar-refractivity contribution in [1.82, 2.24) is 4.98 Å². The number of ether oxygens (including phenoxy) is 2. The Morgan fingerprint density at radius 2 is 1.88 bits per heavy atom. The predicted octanol–water partition coefficient (Wildman–Crippen LogP) is 2.72. The van der Waals surface area contributed by atoms with Gasteiger partial charge in [-0.2, -0.15) is 0 Å². The number of methoxy groups -OCH3 is 2. The number of rotatable bonds is 3. The Morgan fingerprint density at radius 3 is 2.41 bits per heavy atom. The number of nitrogens with zero attached hydrogens (tertiary/aromatic N) is 1. The van der Waals surface area contributed by atoms with Crippen LogP contribution in [0.15, 0.2) is 18.2 Å². The second-order valence-corrected chi connectivity index (χ2v) is 4.57. The second-order valence-electron chi connectivity index (χ2n) is 3.54. The number of aryl methyl sites for hydroxylation is 1. The summed E-state index contributed by atoms with van der Waals surface area (Å²) in [5.41, 5.74) is 7.64. The van der Waals surface area contributed by atoms with Crippen molar-refractivity contribution in [2.24, 2.45) is 0 Å². The molecule has 0 atom stereocenters. The first-order valence-corrected chi connectivity index (χ1v) is 5.92.